The number of aromatic nitrogens is 3. The highest BCUT2D eigenvalue weighted by Crippen LogP contribution is 2.30. The Labute approximate surface area is 113 Å². The van der Waals surface area contributed by atoms with Gasteiger partial charge in [0.05, 0.1) is 6.20 Å². The maximum atomic E-state index is 9.06. The van der Waals surface area contributed by atoms with Gasteiger partial charge >= 0.3 is 0 Å². The van der Waals surface area contributed by atoms with Crippen molar-refractivity contribution < 1.29 is 0 Å². The zero-order chi connectivity index (χ0) is 13.1. The summed E-state index contributed by atoms with van der Waals surface area (Å²) in [5, 5.41) is 13.2. The van der Waals surface area contributed by atoms with Gasteiger partial charge in [0.15, 0.2) is 5.65 Å². The molecule has 98 valence electrons. The summed E-state index contributed by atoms with van der Waals surface area (Å²) >= 11 is 0. The molecule has 0 N–H and O–H groups in total. The van der Waals surface area contributed by atoms with Crippen molar-refractivity contribution in [3.8, 4) is 6.07 Å². The van der Waals surface area contributed by atoms with Gasteiger partial charge in [0, 0.05) is 17.8 Å². The summed E-state index contributed by atoms with van der Waals surface area (Å²) in [5.41, 5.74) is 2.39. The first-order valence-corrected chi connectivity index (χ1v) is 7.13. The molecule has 0 atom stereocenters. The van der Waals surface area contributed by atoms with Crippen LogP contribution in [0.5, 0.6) is 0 Å². The van der Waals surface area contributed by atoms with Crippen molar-refractivity contribution in [1.82, 2.24) is 14.6 Å². The Morgan fingerprint density at radius 1 is 1.16 bits per heavy atom. The smallest absolute Gasteiger partial charge is 0.173 e. The molecular weight excluding hydrogens is 236 g/mol. The molecule has 2 heterocycles. The Morgan fingerprint density at radius 3 is 2.63 bits per heavy atom. The molecule has 1 aliphatic rings. The quantitative estimate of drug-likeness (QED) is 0.783. The molecule has 4 heteroatoms. The van der Waals surface area contributed by atoms with Gasteiger partial charge in [0.25, 0.3) is 0 Å². The Balaban J connectivity index is 1.92. The van der Waals surface area contributed by atoms with Crippen LogP contribution in [0, 0.1) is 11.3 Å². The normalized spacial score (nSPS) is 17.8. The minimum atomic E-state index is 0.548. The predicted octanol–water partition coefficient (Wildman–Crippen LogP) is 3.43. The number of nitrogens with zero attached hydrogens (tertiary/aromatic N) is 4. The second kappa shape index (κ2) is 5.40. The van der Waals surface area contributed by atoms with Crippen LogP contribution in [0.4, 0.5) is 0 Å². The first-order valence-electron chi connectivity index (χ1n) is 7.13. The number of hydrogen-bond donors (Lipinski definition) is 0. The standard InChI is InChI=1S/C15H18N4/c16-10-13-11-17-19-9-8-14(18-15(13)19)12-6-4-2-1-3-5-7-12/h8-9,11-12H,1-7H2. The molecule has 3 rings (SSSR count). The van der Waals surface area contributed by atoms with E-state index in [1.54, 1.807) is 10.7 Å². The molecule has 1 fully saturated rings. The van der Waals surface area contributed by atoms with Crippen LogP contribution < -0.4 is 0 Å². The first kappa shape index (κ1) is 12.2. The third-order valence-electron chi connectivity index (χ3n) is 4.03. The Hall–Kier alpha value is -1.89. The van der Waals surface area contributed by atoms with Crippen molar-refractivity contribution >= 4 is 5.65 Å². The van der Waals surface area contributed by atoms with Gasteiger partial charge in [-0.05, 0) is 18.9 Å². The molecule has 2 aromatic heterocycles. The molecule has 0 bridgehead atoms. The SMILES string of the molecule is N#Cc1cnn2ccc(C3CCCCCCC3)nc12. The van der Waals surface area contributed by atoms with E-state index >= 15 is 0 Å². The number of hydrogen-bond acceptors (Lipinski definition) is 3. The first-order chi connectivity index (χ1) is 9.38. The summed E-state index contributed by atoms with van der Waals surface area (Å²) in [4.78, 5) is 4.68. The monoisotopic (exact) mass is 254 g/mol. The van der Waals surface area contributed by atoms with E-state index in [9.17, 15) is 0 Å². The number of rotatable bonds is 1. The lowest BCUT2D eigenvalue weighted by atomic mass is 9.89. The fourth-order valence-corrected chi connectivity index (χ4v) is 2.94. The van der Waals surface area contributed by atoms with E-state index in [1.165, 1.54) is 44.9 Å². The van der Waals surface area contributed by atoms with Gasteiger partial charge in [0.1, 0.15) is 11.6 Å². The summed E-state index contributed by atoms with van der Waals surface area (Å²) < 4.78 is 1.69. The number of nitriles is 1. The molecular formula is C15H18N4. The molecule has 1 aliphatic carbocycles. The lowest BCUT2D eigenvalue weighted by Gasteiger charge is -2.19. The summed E-state index contributed by atoms with van der Waals surface area (Å²) in [6, 6.07) is 4.22. The van der Waals surface area contributed by atoms with Crippen LogP contribution >= 0.6 is 0 Å². The van der Waals surface area contributed by atoms with Gasteiger partial charge in [-0.2, -0.15) is 10.4 Å². The van der Waals surface area contributed by atoms with Gasteiger partial charge in [-0.25, -0.2) is 9.50 Å². The van der Waals surface area contributed by atoms with E-state index < -0.39 is 0 Å². The van der Waals surface area contributed by atoms with Gasteiger partial charge in [0.2, 0.25) is 0 Å². The van der Waals surface area contributed by atoms with E-state index in [0.29, 0.717) is 17.1 Å². The van der Waals surface area contributed by atoms with Crippen molar-refractivity contribution in [2.24, 2.45) is 0 Å². The largest absolute Gasteiger partial charge is 0.232 e. The van der Waals surface area contributed by atoms with Crippen molar-refractivity contribution in [2.75, 3.05) is 0 Å². The van der Waals surface area contributed by atoms with Crippen molar-refractivity contribution in [3.05, 3.63) is 29.7 Å². The van der Waals surface area contributed by atoms with Crippen LogP contribution in [-0.4, -0.2) is 14.6 Å². The number of fused-ring (bicyclic) bond motifs is 1. The second-order valence-electron chi connectivity index (χ2n) is 5.33. The zero-order valence-electron chi connectivity index (χ0n) is 11.0. The second-order valence-corrected chi connectivity index (χ2v) is 5.33. The van der Waals surface area contributed by atoms with Crippen LogP contribution in [0.2, 0.25) is 0 Å². The van der Waals surface area contributed by atoms with E-state index in [0.717, 1.165) is 5.69 Å². The lowest BCUT2D eigenvalue weighted by Crippen LogP contribution is -2.06. The maximum Gasteiger partial charge on any atom is 0.173 e. The fourth-order valence-electron chi connectivity index (χ4n) is 2.94. The highest BCUT2D eigenvalue weighted by molar-refractivity contribution is 5.53. The molecule has 0 amide bonds. The third-order valence-corrected chi connectivity index (χ3v) is 4.03. The lowest BCUT2D eigenvalue weighted by molar-refractivity contribution is 0.449. The molecule has 4 nitrogen and oxygen atoms in total. The molecule has 0 aromatic carbocycles. The van der Waals surface area contributed by atoms with Crippen LogP contribution in [0.3, 0.4) is 0 Å². The molecule has 0 spiro atoms. The topological polar surface area (TPSA) is 54.0 Å². The Kier molecular flexibility index (Phi) is 3.45. The van der Waals surface area contributed by atoms with Gasteiger partial charge in [-0.1, -0.05) is 32.1 Å². The summed E-state index contributed by atoms with van der Waals surface area (Å²) in [7, 11) is 0. The van der Waals surface area contributed by atoms with Crippen molar-refractivity contribution in [1.29, 1.82) is 5.26 Å². The van der Waals surface area contributed by atoms with E-state index in [4.69, 9.17) is 5.26 Å². The van der Waals surface area contributed by atoms with Gasteiger partial charge in [-0.15, -0.1) is 0 Å². The molecule has 19 heavy (non-hydrogen) atoms. The Bertz CT molecular complexity index is 600. The van der Waals surface area contributed by atoms with Gasteiger partial charge < -0.3 is 0 Å². The molecule has 0 aliphatic heterocycles. The third kappa shape index (κ3) is 2.46. The fraction of sp³-hybridized carbons (Fsp3) is 0.533. The van der Waals surface area contributed by atoms with Crippen LogP contribution in [-0.2, 0) is 0 Å². The highest BCUT2D eigenvalue weighted by Gasteiger charge is 2.16. The van der Waals surface area contributed by atoms with Gasteiger partial charge in [-0.3, -0.25) is 0 Å². The molecule has 2 aromatic rings. The maximum absolute atomic E-state index is 9.06. The van der Waals surface area contributed by atoms with Crippen molar-refractivity contribution in [2.45, 2.75) is 50.9 Å². The van der Waals surface area contributed by atoms with Crippen molar-refractivity contribution in [3.63, 3.8) is 0 Å². The Morgan fingerprint density at radius 2 is 1.89 bits per heavy atom. The van der Waals surface area contributed by atoms with Crippen LogP contribution in [0.1, 0.15) is 62.1 Å². The predicted molar refractivity (Wildman–Crippen MR) is 72.8 cm³/mol. The van der Waals surface area contributed by atoms with E-state index in [1.807, 2.05) is 6.20 Å². The summed E-state index contributed by atoms with van der Waals surface area (Å²) in [6.45, 7) is 0. The average Bonchev–Trinajstić information content (AvgIpc) is 2.80. The molecule has 0 saturated heterocycles. The van der Waals surface area contributed by atoms with Crippen LogP contribution in [0.25, 0.3) is 5.65 Å². The molecule has 0 unspecified atom stereocenters. The minimum Gasteiger partial charge on any atom is -0.232 e. The van der Waals surface area contributed by atoms with E-state index in [-0.39, 0.29) is 0 Å². The van der Waals surface area contributed by atoms with E-state index in [2.05, 4.69) is 22.2 Å². The molecule has 0 radical (unpaired) electrons. The molecule has 1 saturated carbocycles. The summed E-state index contributed by atoms with van der Waals surface area (Å²) in [5.74, 6) is 0.548. The zero-order valence-corrected chi connectivity index (χ0v) is 11.0. The minimum absolute atomic E-state index is 0.548. The average molecular weight is 254 g/mol. The van der Waals surface area contributed by atoms with Crippen LogP contribution in [0.15, 0.2) is 18.5 Å². The highest BCUT2D eigenvalue weighted by atomic mass is 15.2. The summed E-state index contributed by atoms with van der Waals surface area (Å²) in [6.07, 6.45) is 12.6.